The summed E-state index contributed by atoms with van der Waals surface area (Å²) >= 11 is 0. The van der Waals surface area contributed by atoms with E-state index in [1.165, 1.54) is 46.5 Å². The number of rotatable bonds is 5. The topological polar surface area (TPSA) is 54.2 Å². The Hall–Kier alpha value is -2.59. The number of fused-ring (bicyclic) bond motifs is 1. The van der Waals surface area contributed by atoms with Gasteiger partial charge in [-0.1, -0.05) is 50.8 Å². The summed E-state index contributed by atoms with van der Waals surface area (Å²) in [6.45, 7) is 17.5. The zero-order valence-corrected chi connectivity index (χ0v) is 19.5. The molecule has 0 unspecified atom stereocenters. The van der Waals surface area contributed by atoms with E-state index in [1.54, 1.807) is 0 Å². The highest BCUT2D eigenvalue weighted by Gasteiger charge is 2.18. The number of nitrogens with one attached hydrogen (secondary N) is 1. The molecule has 0 spiro atoms. The fourth-order valence-corrected chi connectivity index (χ4v) is 3.60. The SMILES string of the molecule is C=C(C)C/C(=C\C)c1ccc2cnc(N3CCC(NC)CC3)cc2c1.C=CN.CC. The number of benzene rings is 1. The van der Waals surface area contributed by atoms with Gasteiger partial charge in [-0.05, 0) is 75.0 Å². The van der Waals surface area contributed by atoms with Gasteiger partial charge in [0.15, 0.2) is 0 Å². The van der Waals surface area contributed by atoms with Gasteiger partial charge in [0.2, 0.25) is 0 Å². The first kappa shape index (κ1) is 25.4. The van der Waals surface area contributed by atoms with Crippen LogP contribution in [0.25, 0.3) is 16.3 Å². The van der Waals surface area contributed by atoms with E-state index in [0.717, 1.165) is 25.3 Å². The Kier molecular flexibility index (Phi) is 11.5. The maximum absolute atomic E-state index is 4.70. The highest BCUT2D eigenvalue weighted by atomic mass is 15.2. The molecule has 3 N–H and O–H groups in total. The Labute approximate surface area is 183 Å². The number of aromatic nitrogens is 1. The van der Waals surface area contributed by atoms with Crippen LogP contribution in [0.15, 0.2) is 61.5 Å². The van der Waals surface area contributed by atoms with Gasteiger partial charge in [-0.3, -0.25) is 0 Å². The molecule has 0 radical (unpaired) electrons. The van der Waals surface area contributed by atoms with Gasteiger partial charge in [0.25, 0.3) is 0 Å². The quantitative estimate of drug-likeness (QED) is 0.604. The molecule has 3 rings (SSSR count). The number of hydrogen-bond acceptors (Lipinski definition) is 4. The normalized spacial score (nSPS) is 14.3. The van der Waals surface area contributed by atoms with Crippen LogP contribution in [-0.2, 0) is 0 Å². The van der Waals surface area contributed by atoms with Crippen LogP contribution in [0.2, 0.25) is 0 Å². The molecule has 164 valence electrons. The van der Waals surface area contributed by atoms with E-state index in [4.69, 9.17) is 4.98 Å². The Bertz CT molecular complexity index is 830. The second kappa shape index (κ2) is 13.6. The van der Waals surface area contributed by atoms with Crippen molar-refractivity contribution in [2.45, 2.75) is 53.0 Å². The van der Waals surface area contributed by atoms with Crippen molar-refractivity contribution < 1.29 is 0 Å². The Morgan fingerprint density at radius 1 is 1.23 bits per heavy atom. The van der Waals surface area contributed by atoms with Crippen molar-refractivity contribution in [1.82, 2.24) is 10.3 Å². The first-order valence-corrected chi connectivity index (χ1v) is 11.0. The van der Waals surface area contributed by atoms with E-state index in [-0.39, 0.29) is 0 Å². The van der Waals surface area contributed by atoms with Crippen molar-refractivity contribution in [3.8, 4) is 0 Å². The number of nitrogens with two attached hydrogens (primary N) is 1. The zero-order valence-electron chi connectivity index (χ0n) is 19.5. The minimum Gasteiger partial charge on any atom is -0.405 e. The maximum atomic E-state index is 4.70. The maximum Gasteiger partial charge on any atom is 0.129 e. The minimum absolute atomic E-state index is 0.641. The van der Waals surface area contributed by atoms with Gasteiger partial charge in [0.1, 0.15) is 5.82 Å². The van der Waals surface area contributed by atoms with E-state index in [1.807, 2.05) is 20.0 Å². The molecule has 0 amide bonds. The van der Waals surface area contributed by atoms with Crippen molar-refractivity contribution in [2.24, 2.45) is 5.73 Å². The van der Waals surface area contributed by atoms with Gasteiger partial charge in [0, 0.05) is 30.7 Å². The van der Waals surface area contributed by atoms with Gasteiger partial charge in [-0.2, -0.15) is 0 Å². The first-order chi connectivity index (χ1) is 14.5. The summed E-state index contributed by atoms with van der Waals surface area (Å²) in [4.78, 5) is 7.11. The van der Waals surface area contributed by atoms with Crippen molar-refractivity contribution >= 4 is 22.2 Å². The Balaban J connectivity index is 0.000000826. The molecular weight excluding hydrogens is 368 g/mol. The molecular formula is C26H40N4. The molecule has 1 aliphatic rings. The number of allylic oxidation sites excluding steroid dienone is 3. The monoisotopic (exact) mass is 408 g/mol. The number of pyridine rings is 1. The fourth-order valence-electron chi connectivity index (χ4n) is 3.60. The number of piperidine rings is 1. The molecule has 1 fully saturated rings. The standard InChI is InChI=1S/C22H29N3.C2H5N.C2H6/c1-5-17(12-16(2)3)18-6-7-19-15-24-22(14-20(19)13-18)25-10-8-21(23-4)9-11-25;1-2-3;1-2/h5-7,13-15,21,23H,2,8-12H2,1,3-4H3;2H,1,3H2;1-2H3/b17-5+;;. The summed E-state index contributed by atoms with van der Waals surface area (Å²) in [7, 11) is 2.06. The lowest BCUT2D eigenvalue weighted by Crippen LogP contribution is -2.41. The van der Waals surface area contributed by atoms with Crippen LogP contribution in [-0.4, -0.2) is 31.2 Å². The van der Waals surface area contributed by atoms with E-state index in [0.29, 0.717) is 6.04 Å². The van der Waals surface area contributed by atoms with E-state index < -0.39 is 0 Å². The largest absolute Gasteiger partial charge is 0.405 e. The van der Waals surface area contributed by atoms with Crippen LogP contribution in [0.1, 0.15) is 52.5 Å². The second-order valence-corrected chi connectivity index (χ2v) is 7.34. The fraction of sp³-hybridized carbons (Fsp3) is 0.423. The van der Waals surface area contributed by atoms with Crippen molar-refractivity contribution in [3.05, 3.63) is 67.0 Å². The molecule has 2 aromatic rings. The summed E-state index contributed by atoms with van der Waals surface area (Å²) in [5.74, 6) is 1.10. The lowest BCUT2D eigenvalue weighted by atomic mass is 9.97. The average molecular weight is 409 g/mol. The predicted octanol–water partition coefficient (Wildman–Crippen LogP) is 5.91. The summed E-state index contributed by atoms with van der Waals surface area (Å²) in [6.07, 6.45) is 8.74. The number of hydrogen-bond donors (Lipinski definition) is 2. The van der Waals surface area contributed by atoms with Gasteiger partial charge in [-0.15, -0.1) is 0 Å². The number of anilines is 1. The second-order valence-electron chi connectivity index (χ2n) is 7.34. The van der Waals surface area contributed by atoms with E-state index in [9.17, 15) is 0 Å². The van der Waals surface area contributed by atoms with Crippen molar-refractivity contribution in [3.63, 3.8) is 0 Å². The lowest BCUT2D eigenvalue weighted by Gasteiger charge is -2.32. The van der Waals surface area contributed by atoms with Crippen LogP contribution in [0.3, 0.4) is 0 Å². The van der Waals surface area contributed by atoms with Crippen LogP contribution >= 0.6 is 0 Å². The lowest BCUT2D eigenvalue weighted by molar-refractivity contribution is 0.441. The minimum atomic E-state index is 0.641. The van der Waals surface area contributed by atoms with Crippen LogP contribution in [0, 0.1) is 0 Å². The molecule has 4 nitrogen and oxygen atoms in total. The molecule has 4 heteroatoms. The highest BCUT2D eigenvalue weighted by Crippen LogP contribution is 2.28. The third-order valence-corrected chi connectivity index (χ3v) is 5.15. The average Bonchev–Trinajstić information content (AvgIpc) is 2.78. The molecule has 1 saturated heterocycles. The van der Waals surface area contributed by atoms with Crippen LogP contribution < -0.4 is 16.0 Å². The molecule has 2 heterocycles. The van der Waals surface area contributed by atoms with Crippen molar-refractivity contribution in [2.75, 3.05) is 25.0 Å². The highest BCUT2D eigenvalue weighted by molar-refractivity contribution is 5.87. The first-order valence-electron chi connectivity index (χ1n) is 11.0. The van der Waals surface area contributed by atoms with Gasteiger partial charge < -0.3 is 16.0 Å². The summed E-state index contributed by atoms with van der Waals surface area (Å²) in [6, 6.07) is 9.55. The third-order valence-electron chi connectivity index (χ3n) is 5.15. The molecule has 1 aromatic carbocycles. The number of nitrogens with zero attached hydrogens (tertiary/aromatic N) is 2. The van der Waals surface area contributed by atoms with Gasteiger partial charge in [-0.25, -0.2) is 4.98 Å². The molecule has 0 aliphatic carbocycles. The molecule has 1 aliphatic heterocycles. The smallest absolute Gasteiger partial charge is 0.129 e. The molecule has 0 atom stereocenters. The van der Waals surface area contributed by atoms with Gasteiger partial charge in [0.05, 0.1) is 0 Å². The molecule has 1 aromatic heterocycles. The van der Waals surface area contributed by atoms with E-state index >= 15 is 0 Å². The molecule has 0 bridgehead atoms. The van der Waals surface area contributed by atoms with E-state index in [2.05, 4.69) is 80.3 Å². The zero-order chi connectivity index (χ0) is 22.5. The van der Waals surface area contributed by atoms with Gasteiger partial charge >= 0.3 is 0 Å². The summed E-state index contributed by atoms with van der Waals surface area (Å²) < 4.78 is 0. The Morgan fingerprint density at radius 2 is 1.87 bits per heavy atom. The van der Waals surface area contributed by atoms with Crippen molar-refractivity contribution in [1.29, 1.82) is 0 Å². The van der Waals surface area contributed by atoms with Crippen LogP contribution in [0.4, 0.5) is 5.82 Å². The summed E-state index contributed by atoms with van der Waals surface area (Å²) in [5.41, 5.74) is 8.42. The predicted molar refractivity (Wildman–Crippen MR) is 135 cm³/mol. The summed E-state index contributed by atoms with van der Waals surface area (Å²) in [5, 5.41) is 5.85. The van der Waals surface area contributed by atoms with Crippen LogP contribution in [0.5, 0.6) is 0 Å². The molecule has 0 saturated carbocycles. The third kappa shape index (κ3) is 7.34. The molecule has 30 heavy (non-hydrogen) atoms. The Morgan fingerprint density at radius 3 is 2.40 bits per heavy atom.